The number of methoxy groups -OCH3 is 1. The van der Waals surface area contributed by atoms with Crippen LogP contribution in [-0.2, 0) is 9.53 Å². The first-order valence-corrected chi connectivity index (χ1v) is 6.09. The van der Waals surface area contributed by atoms with E-state index in [9.17, 15) is 4.79 Å². The molecule has 0 radical (unpaired) electrons. The van der Waals surface area contributed by atoms with Crippen LogP contribution < -0.4 is 11.1 Å². The van der Waals surface area contributed by atoms with E-state index in [-0.39, 0.29) is 5.91 Å². The molecule has 0 spiro atoms. The zero-order valence-corrected chi connectivity index (χ0v) is 11.1. The first-order chi connectivity index (χ1) is 9.70. The fraction of sp³-hybridized carbons (Fsp3) is 0.333. The molecule has 1 amide bonds. The van der Waals surface area contributed by atoms with E-state index in [0.29, 0.717) is 18.7 Å². The minimum Gasteiger partial charge on any atom is -0.385 e. The minimum atomic E-state index is -0.605. The van der Waals surface area contributed by atoms with Crippen LogP contribution in [0, 0.1) is 0 Å². The second kappa shape index (κ2) is 6.73. The highest BCUT2D eigenvalue weighted by molar-refractivity contribution is 5.94. The molecule has 1 aromatic heterocycles. The number of carbonyl (C=O) groups is 1. The van der Waals surface area contributed by atoms with Gasteiger partial charge in [0.2, 0.25) is 5.91 Å². The molecule has 106 valence electrons. The normalized spacial score (nSPS) is 12.1. The number of aromatic nitrogens is 4. The van der Waals surface area contributed by atoms with Crippen molar-refractivity contribution in [2.75, 3.05) is 19.0 Å². The van der Waals surface area contributed by atoms with Gasteiger partial charge >= 0.3 is 0 Å². The quantitative estimate of drug-likeness (QED) is 0.766. The molecule has 8 heteroatoms. The fourth-order valence-electron chi connectivity index (χ4n) is 1.62. The maximum Gasteiger partial charge on any atom is 0.241 e. The molecule has 1 atom stereocenters. The van der Waals surface area contributed by atoms with Crippen molar-refractivity contribution in [3.05, 3.63) is 30.6 Å². The minimum absolute atomic E-state index is 0.254. The van der Waals surface area contributed by atoms with Crippen LogP contribution in [-0.4, -0.2) is 45.9 Å². The van der Waals surface area contributed by atoms with E-state index < -0.39 is 6.04 Å². The fourth-order valence-corrected chi connectivity index (χ4v) is 1.62. The van der Waals surface area contributed by atoms with Crippen molar-refractivity contribution in [2.24, 2.45) is 5.73 Å². The van der Waals surface area contributed by atoms with Gasteiger partial charge in [-0.3, -0.25) is 4.79 Å². The van der Waals surface area contributed by atoms with Gasteiger partial charge in [-0.05, 0) is 35.0 Å². The van der Waals surface area contributed by atoms with Gasteiger partial charge in [-0.1, -0.05) is 6.07 Å². The highest BCUT2D eigenvalue weighted by Gasteiger charge is 2.13. The molecule has 0 aliphatic heterocycles. The summed E-state index contributed by atoms with van der Waals surface area (Å²) in [4.78, 5) is 11.9. The Morgan fingerprint density at radius 3 is 3.10 bits per heavy atom. The van der Waals surface area contributed by atoms with E-state index in [0.717, 1.165) is 5.69 Å². The zero-order chi connectivity index (χ0) is 14.4. The van der Waals surface area contributed by atoms with Gasteiger partial charge in [0.15, 0.2) is 0 Å². The number of amides is 1. The van der Waals surface area contributed by atoms with Gasteiger partial charge < -0.3 is 15.8 Å². The van der Waals surface area contributed by atoms with Gasteiger partial charge in [-0.15, -0.1) is 5.10 Å². The van der Waals surface area contributed by atoms with Crippen LogP contribution >= 0.6 is 0 Å². The molecule has 2 rings (SSSR count). The molecule has 0 saturated carbocycles. The largest absolute Gasteiger partial charge is 0.385 e. The van der Waals surface area contributed by atoms with E-state index in [1.807, 2.05) is 6.07 Å². The standard InChI is InChI=1S/C12H16N6O2/c1-20-6-5-11(13)12(19)15-9-3-2-4-10(7-9)18-8-14-16-17-18/h2-4,7-8,11H,5-6,13H2,1H3,(H,15,19). The van der Waals surface area contributed by atoms with Crippen LogP contribution in [0.3, 0.4) is 0 Å². The predicted molar refractivity (Wildman–Crippen MR) is 72.3 cm³/mol. The number of carbonyl (C=O) groups excluding carboxylic acids is 1. The molecular weight excluding hydrogens is 260 g/mol. The Balaban J connectivity index is 2.03. The number of nitrogens with two attached hydrogens (primary N) is 1. The maximum absolute atomic E-state index is 11.9. The summed E-state index contributed by atoms with van der Waals surface area (Å²) in [6.07, 6.45) is 1.94. The Morgan fingerprint density at radius 1 is 1.55 bits per heavy atom. The van der Waals surface area contributed by atoms with Gasteiger partial charge in [-0.25, -0.2) is 4.68 Å². The van der Waals surface area contributed by atoms with Crippen molar-refractivity contribution in [2.45, 2.75) is 12.5 Å². The molecular formula is C12H16N6O2. The number of ether oxygens (including phenoxy) is 1. The van der Waals surface area contributed by atoms with Crippen LogP contribution in [0.4, 0.5) is 5.69 Å². The molecule has 0 fully saturated rings. The van der Waals surface area contributed by atoms with Gasteiger partial charge in [0.25, 0.3) is 0 Å². The van der Waals surface area contributed by atoms with Crippen molar-refractivity contribution in [1.29, 1.82) is 0 Å². The van der Waals surface area contributed by atoms with Crippen LogP contribution in [0.5, 0.6) is 0 Å². The van der Waals surface area contributed by atoms with Crippen LogP contribution in [0.15, 0.2) is 30.6 Å². The Labute approximate surface area is 115 Å². The summed E-state index contributed by atoms with van der Waals surface area (Å²) in [5.41, 5.74) is 7.14. The van der Waals surface area contributed by atoms with E-state index in [1.54, 1.807) is 25.3 Å². The molecule has 20 heavy (non-hydrogen) atoms. The van der Waals surface area contributed by atoms with Gasteiger partial charge in [-0.2, -0.15) is 0 Å². The Bertz CT molecular complexity index is 557. The summed E-state index contributed by atoms with van der Waals surface area (Å²) in [5.74, 6) is -0.254. The molecule has 3 N–H and O–H groups in total. The summed E-state index contributed by atoms with van der Waals surface area (Å²) in [6.45, 7) is 0.444. The van der Waals surface area contributed by atoms with E-state index in [1.165, 1.54) is 11.0 Å². The lowest BCUT2D eigenvalue weighted by molar-refractivity contribution is -0.117. The molecule has 0 bridgehead atoms. The lowest BCUT2D eigenvalue weighted by Crippen LogP contribution is -2.36. The van der Waals surface area contributed by atoms with E-state index in [2.05, 4.69) is 20.8 Å². The summed E-state index contributed by atoms with van der Waals surface area (Å²) < 4.78 is 6.40. The second-order valence-electron chi connectivity index (χ2n) is 4.18. The Hall–Kier alpha value is -2.32. The molecule has 0 aliphatic carbocycles. The summed E-state index contributed by atoms with van der Waals surface area (Å²) >= 11 is 0. The number of nitrogens with one attached hydrogen (secondary N) is 1. The van der Waals surface area contributed by atoms with Crippen molar-refractivity contribution >= 4 is 11.6 Å². The van der Waals surface area contributed by atoms with Crippen molar-refractivity contribution < 1.29 is 9.53 Å². The number of rotatable bonds is 6. The average Bonchev–Trinajstić information content (AvgIpc) is 2.99. The number of benzene rings is 1. The highest BCUT2D eigenvalue weighted by Crippen LogP contribution is 2.13. The van der Waals surface area contributed by atoms with Crippen LogP contribution in [0.25, 0.3) is 5.69 Å². The molecule has 0 saturated heterocycles. The third kappa shape index (κ3) is 3.59. The van der Waals surface area contributed by atoms with E-state index >= 15 is 0 Å². The van der Waals surface area contributed by atoms with Crippen molar-refractivity contribution in [3.8, 4) is 5.69 Å². The smallest absolute Gasteiger partial charge is 0.241 e. The van der Waals surface area contributed by atoms with Gasteiger partial charge in [0, 0.05) is 19.4 Å². The Kier molecular flexibility index (Phi) is 4.75. The SMILES string of the molecule is COCCC(N)C(=O)Nc1cccc(-n2cnnn2)c1. The first kappa shape index (κ1) is 14.1. The van der Waals surface area contributed by atoms with Crippen molar-refractivity contribution in [1.82, 2.24) is 20.2 Å². The van der Waals surface area contributed by atoms with E-state index in [4.69, 9.17) is 10.5 Å². The van der Waals surface area contributed by atoms with Crippen LogP contribution in [0.1, 0.15) is 6.42 Å². The third-order valence-corrected chi connectivity index (χ3v) is 2.70. The molecule has 1 heterocycles. The number of anilines is 1. The summed E-state index contributed by atoms with van der Waals surface area (Å²) in [5, 5.41) is 13.7. The zero-order valence-electron chi connectivity index (χ0n) is 11.1. The van der Waals surface area contributed by atoms with Crippen LogP contribution in [0.2, 0.25) is 0 Å². The summed E-state index contributed by atoms with van der Waals surface area (Å²) in [7, 11) is 1.57. The number of hydrogen-bond acceptors (Lipinski definition) is 6. The highest BCUT2D eigenvalue weighted by atomic mass is 16.5. The number of tetrazole rings is 1. The molecule has 0 aliphatic rings. The molecule has 1 unspecified atom stereocenters. The predicted octanol–water partition coefficient (Wildman–Crippen LogP) is -0.0354. The molecule has 8 nitrogen and oxygen atoms in total. The lowest BCUT2D eigenvalue weighted by atomic mass is 10.2. The number of nitrogens with zero attached hydrogens (tertiary/aromatic N) is 4. The topological polar surface area (TPSA) is 108 Å². The third-order valence-electron chi connectivity index (χ3n) is 2.70. The Morgan fingerprint density at radius 2 is 2.40 bits per heavy atom. The van der Waals surface area contributed by atoms with Crippen molar-refractivity contribution in [3.63, 3.8) is 0 Å². The second-order valence-corrected chi connectivity index (χ2v) is 4.18. The first-order valence-electron chi connectivity index (χ1n) is 6.09. The molecule has 2 aromatic rings. The van der Waals surface area contributed by atoms with Gasteiger partial charge in [0.05, 0.1) is 11.7 Å². The monoisotopic (exact) mass is 276 g/mol. The average molecular weight is 276 g/mol. The summed E-state index contributed by atoms with van der Waals surface area (Å²) in [6, 6.07) is 6.56. The lowest BCUT2D eigenvalue weighted by Gasteiger charge is -2.12. The molecule has 1 aromatic carbocycles. The number of hydrogen-bond donors (Lipinski definition) is 2. The maximum atomic E-state index is 11.9. The van der Waals surface area contributed by atoms with Gasteiger partial charge in [0.1, 0.15) is 6.33 Å².